The zero-order valence-electron chi connectivity index (χ0n) is 7.57. The summed E-state index contributed by atoms with van der Waals surface area (Å²) in [6.07, 6.45) is 1.19. The Hall–Kier alpha value is -0.600. The van der Waals surface area contributed by atoms with Crippen LogP contribution in [0.5, 0.6) is 0 Å². The molecule has 1 aliphatic rings. The van der Waals surface area contributed by atoms with Gasteiger partial charge in [0, 0.05) is 19.5 Å². The van der Waals surface area contributed by atoms with E-state index in [0.717, 1.165) is 6.54 Å². The maximum Gasteiger partial charge on any atom is 0.151 e. The minimum Gasteiger partial charge on any atom is -0.301 e. The Bertz CT molecular complexity index is 292. The highest BCUT2D eigenvalue weighted by molar-refractivity contribution is 7.91. The first kappa shape index (κ1) is 10.5. The lowest BCUT2D eigenvalue weighted by Gasteiger charge is -2.16. The Balaban J connectivity index is 2.42. The molecule has 1 heterocycles. The SMILES string of the molecule is N#CCCN1CCCS(=O)(=O)CC1. The van der Waals surface area contributed by atoms with Gasteiger partial charge in [0.1, 0.15) is 0 Å². The van der Waals surface area contributed by atoms with E-state index in [4.69, 9.17) is 5.26 Å². The smallest absolute Gasteiger partial charge is 0.151 e. The molecular weight excluding hydrogens is 188 g/mol. The number of nitriles is 1. The van der Waals surface area contributed by atoms with Crippen LogP contribution < -0.4 is 0 Å². The van der Waals surface area contributed by atoms with Gasteiger partial charge in [-0.15, -0.1) is 0 Å². The molecule has 0 unspecified atom stereocenters. The summed E-state index contributed by atoms with van der Waals surface area (Å²) in [6.45, 7) is 2.09. The third-order valence-electron chi connectivity index (χ3n) is 2.19. The fraction of sp³-hybridized carbons (Fsp3) is 0.875. The number of sulfone groups is 1. The molecule has 5 heteroatoms. The van der Waals surface area contributed by atoms with Crippen molar-refractivity contribution in [2.45, 2.75) is 12.8 Å². The lowest BCUT2D eigenvalue weighted by molar-refractivity contribution is 0.302. The van der Waals surface area contributed by atoms with Gasteiger partial charge >= 0.3 is 0 Å². The van der Waals surface area contributed by atoms with Gasteiger partial charge in [0.15, 0.2) is 9.84 Å². The average molecular weight is 202 g/mol. The third-order valence-corrected chi connectivity index (χ3v) is 3.90. The van der Waals surface area contributed by atoms with Gasteiger partial charge in [0.2, 0.25) is 0 Å². The van der Waals surface area contributed by atoms with Gasteiger partial charge < -0.3 is 4.90 Å². The van der Waals surface area contributed by atoms with Crippen molar-refractivity contribution < 1.29 is 8.42 Å². The monoisotopic (exact) mass is 202 g/mol. The van der Waals surface area contributed by atoms with Crippen molar-refractivity contribution in [1.82, 2.24) is 4.90 Å². The van der Waals surface area contributed by atoms with E-state index < -0.39 is 9.84 Å². The van der Waals surface area contributed by atoms with E-state index in [-0.39, 0.29) is 5.75 Å². The van der Waals surface area contributed by atoms with E-state index in [1.165, 1.54) is 0 Å². The lowest BCUT2D eigenvalue weighted by Crippen LogP contribution is -2.27. The number of nitrogens with zero attached hydrogens (tertiary/aromatic N) is 2. The standard InChI is InChI=1S/C8H14N2O2S/c9-3-1-4-10-5-2-7-13(11,12)8-6-10/h1-2,4-8H2. The molecule has 74 valence electrons. The number of hydrogen-bond donors (Lipinski definition) is 0. The summed E-state index contributed by atoms with van der Waals surface area (Å²) in [7, 11) is -2.80. The van der Waals surface area contributed by atoms with Crippen LogP contribution in [-0.2, 0) is 9.84 Å². The van der Waals surface area contributed by atoms with Gasteiger partial charge in [-0.05, 0) is 13.0 Å². The first-order chi connectivity index (χ1) is 6.14. The molecule has 0 aliphatic carbocycles. The molecule has 0 atom stereocenters. The molecule has 0 aromatic carbocycles. The maximum atomic E-state index is 11.2. The van der Waals surface area contributed by atoms with Gasteiger partial charge in [-0.2, -0.15) is 5.26 Å². The van der Waals surface area contributed by atoms with Crippen LogP contribution in [0.2, 0.25) is 0 Å². The minimum absolute atomic E-state index is 0.248. The van der Waals surface area contributed by atoms with Crippen LogP contribution in [0.15, 0.2) is 0 Å². The summed E-state index contributed by atoms with van der Waals surface area (Å²) < 4.78 is 22.4. The second-order valence-electron chi connectivity index (χ2n) is 3.26. The van der Waals surface area contributed by atoms with Gasteiger partial charge in [-0.1, -0.05) is 0 Å². The molecule has 1 aliphatic heterocycles. The minimum atomic E-state index is -2.80. The van der Waals surface area contributed by atoms with Gasteiger partial charge in [0.25, 0.3) is 0 Å². The number of hydrogen-bond acceptors (Lipinski definition) is 4. The van der Waals surface area contributed by atoms with Crippen molar-refractivity contribution in [3.63, 3.8) is 0 Å². The summed E-state index contributed by atoms with van der Waals surface area (Å²) in [5, 5.41) is 8.37. The normalized spacial score (nSPS) is 23.3. The average Bonchev–Trinajstić information content (AvgIpc) is 2.23. The van der Waals surface area contributed by atoms with Crippen LogP contribution in [0.4, 0.5) is 0 Å². The van der Waals surface area contributed by atoms with Crippen LogP contribution >= 0.6 is 0 Å². The Morgan fingerprint density at radius 3 is 2.77 bits per heavy atom. The molecule has 13 heavy (non-hydrogen) atoms. The van der Waals surface area contributed by atoms with Crippen molar-refractivity contribution in [3.8, 4) is 6.07 Å². The fourth-order valence-electron chi connectivity index (χ4n) is 1.42. The van der Waals surface area contributed by atoms with Gasteiger partial charge in [-0.3, -0.25) is 0 Å². The Morgan fingerprint density at radius 2 is 2.08 bits per heavy atom. The summed E-state index contributed by atoms with van der Waals surface area (Å²) in [4.78, 5) is 2.05. The van der Waals surface area contributed by atoms with E-state index in [9.17, 15) is 8.42 Å². The maximum absolute atomic E-state index is 11.2. The molecule has 0 saturated carbocycles. The summed E-state index contributed by atoms with van der Waals surface area (Å²) in [5.74, 6) is 0.550. The first-order valence-corrected chi connectivity index (χ1v) is 6.26. The first-order valence-electron chi connectivity index (χ1n) is 4.44. The predicted molar refractivity (Wildman–Crippen MR) is 49.9 cm³/mol. The van der Waals surface area contributed by atoms with E-state index in [1.54, 1.807) is 0 Å². The highest BCUT2D eigenvalue weighted by Gasteiger charge is 2.18. The second kappa shape index (κ2) is 4.58. The van der Waals surface area contributed by atoms with Crippen molar-refractivity contribution in [1.29, 1.82) is 5.26 Å². The molecule has 0 radical (unpaired) electrons. The van der Waals surface area contributed by atoms with Crippen LogP contribution in [0.1, 0.15) is 12.8 Å². The molecular formula is C8H14N2O2S. The molecule has 1 fully saturated rings. The van der Waals surface area contributed by atoms with E-state index >= 15 is 0 Å². The van der Waals surface area contributed by atoms with E-state index in [0.29, 0.717) is 31.7 Å². The van der Waals surface area contributed by atoms with E-state index in [2.05, 4.69) is 6.07 Å². The van der Waals surface area contributed by atoms with Gasteiger partial charge in [0.05, 0.1) is 17.6 Å². The van der Waals surface area contributed by atoms with Crippen molar-refractivity contribution >= 4 is 9.84 Å². The summed E-state index contributed by atoms with van der Waals surface area (Å²) >= 11 is 0. The van der Waals surface area contributed by atoms with Crippen LogP contribution in [0.3, 0.4) is 0 Å². The Labute approximate surface area is 79.1 Å². The van der Waals surface area contributed by atoms with Crippen molar-refractivity contribution in [2.24, 2.45) is 0 Å². The summed E-state index contributed by atoms with van der Waals surface area (Å²) in [5.41, 5.74) is 0. The lowest BCUT2D eigenvalue weighted by atomic mass is 10.3. The molecule has 0 aromatic rings. The van der Waals surface area contributed by atoms with Crippen molar-refractivity contribution in [2.75, 3.05) is 31.1 Å². The van der Waals surface area contributed by atoms with Gasteiger partial charge in [-0.25, -0.2) is 8.42 Å². The Kier molecular flexibility index (Phi) is 3.70. The van der Waals surface area contributed by atoms with E-state index in [1.807, 2.05) is 4.90 Å². The highest BCUT2D eigenvalue weighted by Crippen LogP contribution is 2.04. The molecule has 4 nitrogen and oxygen atoms in total. The molecule has 0 N–H and O–H groups in total. The molecule has 0 bridgehead atoms. The topological polar surface area (TPSA) is 61.2 Å². The molecule has 0 amide bonds. The molecule has 1 rings (SSSR count). The molecule has 1 saturated heterocycles. The van der Waals surface area contributed by atoms with Crippen LogP contribution in [-0.4, -0.2) is 44.5 Å². The van der Waals surface area contributed by atoms with Crippen LogP contribution in [0.25, 0.3) is 0 Å². The predicted octanol–water partition coefficient (Wildman–Crippen LogP) is 0.0206. The fourth-order valence-corrected chi connectivity index (χ4v) is 2.73. The largest absolute Gasteiger partial charge is 0.301 e. The quantitative estimate of drug-likeness (QED) is 0.633. The third kappa shape index (κ3) is 3.75. The Morgan fingerprint density at radius 1 is 1.31 bits per heavy atom. The summed E-state index contributed by atoms with van der Waals surface area (Å²) in [6, 6.07) is 2.07. The highest BCUT2D eigenvalue weighted by atomic mass is 32.2. The number of rotatable bonds is 2. The zero-order chi connectivity index (χ0) is 9.73. The van der Waals surface area contributed by atoms with Crippen LogP contribution in [0, 0.1) is 11.3 Å². The second-order valence-corrected chi connectivity index (χ2v) is 5.56. The molecule has 0 aromatic heterocycles. The zero-order valence-corrected chi connectivity index (χ0v) is 8.39. The molecule has 0 spiro atoms. The van der Waals surface area contributed by atoms with Crippen molar-refractivity contribution in [3.05, 3.63) is 0 Å².